The van der Waals surface area contributed by atoms with Crippen LogP contribution in [0.5, 0.6) is 0 Å². The zero-order chi connectivity index (χ0) is 11.1. The van der Waals surface area contributed by atoms with Crippen LogP contribution < -0.4 is 0 Å². The summed E-state index contributed by atoms with van der Waals surface area (Å²) in [7, 11) is 3.57. The molecule has 4 atom stereocenters. The molecule has 86 valence electrons. The SMILES string of the molecule is COC(=O)C[N+]1(C)[C@@H]2CC[C@H]1CC(O)C2. The summed E-state index contributed by atoms with van der Waals surface area (Å²) in [5.74, 6) is -0.134. The van der Waals surface area contributed by atoms with Gasteiger partial charge in [-0.1, -0.05) is 0 Å². The highest BCUT2D eigenvalue weighted by Gasteiger charge is 2.52. The summed E-state index contributed by atoms with van der Waals surface area (Å²) in [6.07, 6.45) is 3.78. The van der Waals surface area contributed by atoms with E-state index in [2.05, 4.69) is 7.05 Å². The van der Waals surface area contributed by atoms with Gasteiger partial charge in [-0.25, -0.2) is 4.79 Å². The summed E-state index contributed by atoms with van der Waals surface area (Å²) >= 11 is 0. The minimum atomic E-state index is -0.161. The van der Waals surface area contributed by atoms with E-state index in [0.717, 1.165) is 30.2 Å². The Bertz CT molecular complexity index is 253. The number of esters is 1. The molecule has 4 heteroatoms. The van der Waals surface area contributed by atoms with Crippen LogP contribution in [0.25, 0.3) is 0 Å². The van der Waals surface area contributed by atoms with Gasteiger partial charge >= 0.3 is 5.97 Å². The molecule has 0 radical (unpaired) electrons. The van der Waals surface area contributed by atoms with Crippen molar-refractivity contribution in [1.29, 1.82) is 0 Å². The first-order valence-electron chi connectivity index (χ1n) is 5.66. The maximum absolute atomic E-state index is 11.4. The molecule has 1 N–H and O–H groups in total. The fourth-order valence-corrected chi connectivity index (χ4v) is 3.32. The maximum Gasteiger partial charge on any atom is 0.361 e. The minimum Gasteiger partial charge on any atom is -0.465 e. The molecule has 2 rings (SSSR count). The number of quaternary nitrogens is 1. The highest BCUT2D eigenvalue weighted by atomic mass is 16.5. The Morgan fingerprint density at radius 1 is 1.40 bits per heavy atom. The Labute approximate surface area is 90.4 Å². The first-order valence-corrected chi connectivity index (χ1v) is 5.66. The molecule has 2 aliphatic heterocycles. The van der Waals surface area contributed by atoms with E-state index in [-0.39, 0.29) is 12.1 Å². The normalized spacial score (nSPS) is 44.1. The predicted octanol–water partition coefficient (Wildman–Crippen LogP) is 0.292. The molecule has 15 heavy (non-hydrogen) atoms. The van der Waals surface area contributed by atoms with Crippen molar-refractivity contribution in [2.45, 2.75) is 43.9 Å². The number of aliphatic hydroxyl groups excluding tert-OH is 1. The monoisotopic (exact) mass is 214 g/mol. The number of fused-ring (bicyclic) bond motifs is 2. The molecule has 0 aromatic rings. The molecule has 4 nitrogen and oxygen atoms in total. The topological polar surface area (TPSA) is 46.5 Å². The maximum atomic E-state index is 11.4. The molecule has 2 heterocycles. The Morgan fingerprint density at radius 2 is 1.93 bits per heavy atom. The van der Waals surface area contributed by atoms with Crippen LogP contribution >= 0.6 is 0 Å². The first-order chi connectivity index (χ1) is 7.06. The van der Waals surface area contributed by atoms with Gasteiger partial charge in [-0.15, -0.1) is 0 Å². The van der Waals surface area contributed by atoms with Crippen LogP contribution in [0.3, 0.4) is 0 Å². The summed E-state index contributed by atoms with van der Waals surface area (Å²) in [5.41, 5.74) is 0. The number of rotatable bonds is 2. The number of aliphatic hydroxyl groups is 1. The van der Waals surface area contributed by atoms with Gasteiger partial charge in [0, 0.05) is 25.7 Å². The Balaban J connectivity index is 2.11. The first kappa shape index (κ1) is 10.9. The van der Waals surface area contributed by atoms with Crippen LogP contribution in [0.1, 0.15) is 25.7 Å². The van der Waals surface area contributed by atoms with Gasteiger partial charge in [0.15, 0.2) is 6.54 Å². The van der Waals surface area contributed by atoms with Gasteiger partial charge in [-0.2, -0.15) is 0 Å². The molecule has 2 saturated heterocycles. The minimum absolute atomic E-state index is 0.134. The fourth-order valence-electron chi connectivity index (χ4n) is 3.32. The summed E-state index contributed by atoms with van der Waals surface area (Å²) < 4.78 is 5.53. The number of piperidine rings is 1. The standard InChI is InChI=1S/C11H20NO3/c1-12(7-11(14)15-2)8-3-4-9(12)6-10(13)5-8/h8-10,13H,3-7H2,1-2H3/q+1/t8-,9+,10?,12?. The molecule has 2 aliphatic rings. The lowest BCUT2D eigenvalue weighted by Gasteiger charge is -2.45. The number of carbonyl (C=O) groups excluding carboxylic acids is 1. The average molecular weight is 214 g/mol. The summed E-state index contributed by atoms with van der Waals surface area (Å²) in [6.45, 7) is 0.457. The Kier molecular flexibility index (Phi) is 2.73. The van der Waals surface area contributed by atoms with E-state index in [1.807, 2.05) is 0 Å². The van der Waals surface area contributed by atoms with E-state index in [0.29, 0.717) is 18.6 Å². The quantitative estimate of drug-likeness (QED) is 0.531. The second kappa shape index (κ2) is 3.76. The number of nitrogens with zero attached hydrogens (tertiary/aromatic N) is 1. The Hall–Kier alpha value is -0.610. The number of methoxy groups -OCH3 is 1. The van der Waals surface area contributed by atoms with Gasteiger partial charge in [0.1, 0.15) is 0 Å². The molecule has 0 aromatic heterocycles. The van der Waals surface area contributed by atoms with E-state index in [1.165, 1.54) is 7.11 Å². The highest BCUT2D eigenvalue weighted by molar-refractivity contribution is 5.70. The van der Waals surface area contributed by atoms with Crippen molar-refractivity contribution in [2.24, 2.45) is 0 Å². The lowest BCUT2D eigenvalue weighted by molar-refractivity contribution is -0.942. The van der Waals surface area contributed by atoms with Crippen molar-refractivity contribution >= 4 is 5.97 Å². The second-order valence-corrected chi connectivity index (χ2v) is 5.09. The Morgan fingerprint density at radius 3 is 2.40 bits per heavy atom. The van der Waals surface area contributed by atoms with Gasteiger partial charge in [0.05, 0.1) is 32.3 Å². The van der Waals surface area contributed by atoms with Crippen molar-refractivity contribution in [2.75, 3.05) is 20.7 Å². The van der Waals surface area contributed by atoms with Gasteiger partial charge in [0.2, 0.25) is 0 Å². The third-order valence-electron chi connectivity index (χ3n) is 4.29. The van der Waals surface area contributed by atoms with Crippen LogP contribution in [0, 0.1) is 0 Å². The van der Waals surface area contributed by atoms with Crippen molar-refractivity contribution in [1.82, 2.24) is 0 Å². The molecule has 2 bridgehead atoms. The summed E-state index contributed by atoms with van der Waals surface area (Å²) in [6, 6.07) is 0.885. The van der Waals surface area contributed by atoms with Crippen LogP contribution in [0.4, 0.5) is 0 Å². The van der Waals surface area contributed by atoms with Crippen LogP contribution in [-0.4, -0.2) is 54.4 Å². The number of carbonyl (C=O) groups is 1. The zero-order valence-corrected chi connectivity index (χ0v) is 9.48. The number of likely N-dealkylation sites (N-methyl/N-ethyl adjacent to an activating group) is 1. The van der Waals surface area contributed by atoms with Crippen LogP contribution in [-0.2, 0) is 9.53 Å². The van der Waals surface area contributed by atoms with Crippen molar-refractivity contribution in [3.63, 3.8) is 0 Å². The van der Waals surface area contributed by atoms with Gasteiger partial charge in [-0.3, -0.25) is 0 Å². The van der Waals surface area contributed by atoms with Gasteiger partial charge in [0.25, 0.3) is 0 Å². The molecule has 2 fully saturated rings. The van der Waals surface area contributed by atoms with E-state index in [9.17, 15) is 9.90 Å². The smallest absolute Gasteiger partial charge is 0.361 e. The third-order valence-corrected chi connectivity index (χ3v) is 4.29. The fraction of sp³-hybridized carbons (Fsp3) is 0.909. The molecule has 0 spiro atoms. The van der Waals surface area contributed by atoms with E-state index < -0.39 is 0 Å². The van der Waals surface area contributed by atoms with Crippen LogP contribution in [0.2, 0.25) is 0 Å². The number of hydrogen-bond donors (Lipinski definition) is 1. The lowest BCUT2D eigenvalue weighted by Crippen LogP contribution is -2.60. The summed E-state index contributed by atoms with van der Waals surface area (Å²) in [5, 5.41) is 9.69. The molecule has 2 unspecified atom stereocenters. The molecular weight excluding hydrogens is 194 g/mol. The second-order valence-electron chi connectivity index (χ2n) is 5.09. The van der Waals surface area contributed by atoms with Crippen molar-refractivity contribution in [3.05, 3.63) is 0 Å². The molecule has 0 aromatic carbocycles. The van der Waals surface area contributed by atoms with E-state index in [4.69, 9.17) is 4.74 Å². The van der Waals surface area contributed by atoms with Gasteiger partial charge < -0.3 is 14.3 Å². The molecular formula is C11H20NO3+. The molecule has 0 amide bonds. The lowest BCUT2D eigenvalue weighted by atomic mass is 9.97. The summed E-state index contributed by atoms with van der Waals surface area (Å²) in [4.78, 5) is 11.4. The highest BCUT2D eigenvalue weighted by Crippen LogP contribution is 2.40. The molecule has 0 aliphatic carbocycles. The largest absolute Gasteiger partial charge is 0.465 e. The van der Waals surface area contributed by atoms with Gasteiger partial charge in [-0.05, 0) is 0 Å². The third kappa shape index (κ3) is 1.76. The van der Waals surface area contributed by atoms with E-state index in [1.54, 1.807) is 0 Å². The zero-order valence-electron chi connectivity index (χ0n) is 9.48. The van der Waals surface area contributed by atoms with Crippen molar-refractivity contribution in [3.8, 4) is 0 Å². The average Bonchev–Trinajstić information content (AvgIpc) is 2.41. The molecule has 0 saturated carbocycles. The van der Waals surface area contributed by atoms with Crippen molar-refractivity contribution < 1.29 is 19.1 Å². The number of hydrogen-bond acceptors (Lipinski definition) is 3. The van der Waals surface area contributed by atoms with E-state index >= 15 is 0 Å². The predicted molar refractivity (Wildman–Crippen MR) is 55.1 cm³/mol. The number of ether oxygens (including phenoxy) is 1. The van der Waals surface area contributed by atoms with Crippen LogP contribution in [0.15, 0.2) is 0 Å².